The third-order valence-corrected chi connectivity index (χ3v) is 8.73. The fourth-order valence-electron chi connectivity index (χ4n) is 4.70. The molecule has 1 unspecified atom stereocenters. The van der Waals surface area contributed by atoms with E-state index in [2.05, 4.69) is 30.4 Å². The van der Waals surface area contributed by atoms with Crippen LogP contribution in [0.2, 0.25) is 0 Å². The molecule has 1 amide bonds. The van der Waals surface area contributed by atoms with Crippen LogP contribution in [0.3, 0.4) is 0 Å². The van der Waals surface area contributed by atoms with E-state index in [4.69, 9.17) is 15.5 Å². The van der Waals surface area contributed by atoms with Gasteiger partial charge >= 0.3 is 10.2 Å². The first kappa shape index (κ1) is 25.4. The van der Waals surface area contributed by atoms with Crippen LogP contribution in [0.25, 0.3) is 11.3 Å². The molecule has 2 atom stereocenters. The fraction of sp³-hybridized carbons (Fsp3) is 0.520. The zero-order valence-electron chi connectivity index (χ0n) is 20.8. The molecule has 1 aromatic heterocycles. The first-order valence-electron chi connectivity index (χ1n) is 12.1. The largest absolute Gasteiger partial charge is 0.494 e. The smallest absolute Gasteiger partial charge is 0.304 e. The van der Waals surface area contributed by atoms with Gasteiger partial charge in [0.2, 0.25) is 0 Å². The molecule has 2 fully saturated rings. The molecule has 1 aromatic carbocycles. The highest BCUT2D eigenvalue weighted by Crippen LogP contribution is 2.39. The number of benzene rings is 1. The molecule has 10 heteroatoms. The van der Waals surface area contributed by atoms with Crippen LogP contribution in [0.4, 0.5) is 5.82 Å². The number of hydrogen-bond donors (Lipinski definition) is 2. The molecular formula is C25H35N5O4S. The third-order valence-electron chi connectivity index (χ3n) is 7.27. The molecule has 2 aliphatic heterocycles. The van der Waals surface area contributed by atoms with Crippen LogP contribution in [-0.4, -0.2) is 61.4 Å². The molecule has 3 heterocycles. The summed E-state index contributed by atoms with van der Waals surface area (Å²) in [7, 11) is -4.00. The van der Waals surface area contributed by atoms with Crippen molar-refractivity contribution in [1.82, 2.24) is 14.0 Å². The topological polar surface area (TPSA) is 118 Å². The highest BCUT2D eigenvalue weighted by atomic mass is 32.2. The lowest BCUT2D eigenvalue weighted by Crippen LogP contribution is -2.45. The summed E-state index contributed by atoms with van der Waals surface area (Å²) in [6.45, 7) is 10.2. The molecule has 35 heavy (non-hydrogen) atoms. The van der Waals surface area contributed by atoms with Crippen LogP contribution < -0.4 is 20.1 Å². The predicted octanol–water partition coefficient (Wildman–Crippen LogP) is 2.78. The highest BCUT2D eigenvalue weighted by molar-refractivity contribution is 7.87. The maximum atomic E-state index is 13.3. The minimum absolute atomic E-state index is 0.196. The maximum Gasteiger partial charge on any atom is 0.304 e. The van der Waals surface area contributed by atoms with Gasteiger partial charge in [0.05, 0.1) is 17.9 Å². The number of nitrogens with zero attached hydrogens (tertiary/aromatic N) is 3. The third kappa shape index (κ3) is 5.14. The summed E-state index contributed by atoms with van der Waals surface area (Å²) in [4.78, 5) is 20.3. The Morgan fingerprint density at radius 2 is 1.89 bits per heavy atom. The zero-order chi connectivity index (χ0) is 25.4. The van der Waals surface area contributed by atoms with Crippen molar-refractivity contribution in [3.05, 3.63) is 42.0 Å². The Morgan fingerprint density at radius 1 is 1.17 bits per heavy atom. The van der Waals surface area contributed by atoms with E-state index in [0.717, 1.165) is 24.3 Å². The van der Waals surface area contributed by atoms with Crippen molar-refractivity contribution in [2.75, 3.05) is 31.1 Å². The Balaban J connectivity index is 1.70. The van der Waals surface area contributed by atoms with Crippen LogP contribution in [0.1, 0.15) is 50.9 Å². The molecule has 0 saturated carbocycles. The minimum atomic E-state index is -4.00. The Morgan fingerprint density at radius 3 is 2.46 bits per heavy atom. The van der Waals surface area contributed by atoms with Gasteiger partial charge in [0.1, 0.15) is 11.6 Å². The van der Waals surface area contributed by atoms with E-state index < -0.39 is 16.1 Å². The van der Waals surface area contributed by atoms with E-state index in [1.165, 1.54) is 4.31 Å². The van der Waals surface area contributed by atoms with Crippen molar-refractivity contribution >= 4 is 21.9 Å². The van der Waals surface area contributed by atoms with Crippen molar-refractivity contribution < 1.29 is 17.9 Å². The number of amides is 1. The Labute approximate surface area is 207 Å². The summed E-state index contributed by atoms with van der Waals surface area (Å²) in [6.07, 6.45) is 1.52. The Kier molecular flexibility index (Phi) is 7.08. The normalized spacial score (nSPS) is 22.4. The molecule has 0 spiro atoms. The summed E-state index contributed by atoms with van der Waals surface area (Å²) < 4.78 is 34.7. The monoisotopic (exact) mass is 501 g/mol. The van der Waals surface area contributed by atoms with Gasteiger partial charge in [-0.1, -0.05) is 6.92 Å². The quantitative estimate of drug-likeness (QED) is 0.599. The lowest BCUT2D eigenvalue weighted by molar-refractivity contribution is 0.0979. The van der Waals surface area contributed by atoms with Crippen molar-refractivity contribution in [3.63, 3.8) is 0 Å². The molecule has 4 rings (SSSR count). The number of hydrogen-bond acceptors (Lipinski definition) is 7. The van der Waals surface area contributed by atoms with Gasteiger partial charge in [-0.3, -0.25) is 4.79 Å². The predicted molar refractivity (Wildman–Crippen MR) is 137 cm³/mol. The van der Waals surface area contributed by atoms with Crippen LogP contribution in [-0.2, 0) is 10.2 Å². The van der Waals surface area contributed by atoms with E-state index >= 15 is 0 Å². The number of rotatable bonds is 7. The lowest BCUT2D eigenvalue weighted by atomic mass is 9.90. The van der Waals surface area contributed by atoms with E-state index in [1.807, 2.05) is 31.2 Å². The molecule has 2 aromatic rings. The van der Waals surface area contributed by atoms with Crippen LogP contribution >= 0.6 is 0 Å². The van der Waals surface area contributed by atoms with Gasteiger partial charge in [-0.15, -0.1) is 0 Å². The molecule has 9 nitrogen and oxygen atoms in total. The average molecular weight is 502 g/mol. The summed E-state index contributed by atoms with van der Waals surface area (Å²) in [5.41, 5.74) is 7.43. The molecule has 0 radical (unpaired) electrons. The standard InChI is InChI=1S/C25H35N5O4S/c1-5-34-20-8-6-18(7-9-20)22-11-10-21(23(27-22)30-15-12-17(2)25(30,3)4)24(31)28-35(32,33)29-14-13-19(26)16-29/h6-11,17,19H,5,12-16,26H2,1-4H3,(H,28,31)/t17?,19-/m0/s1. The van der Waals surface area contributed by atoms with Gasteiger partial charge in [-0.05, 0) is 75.9 Å². The zero-order valence-corrected chi connectivity index (χ0v) is 21.6. The van der Waals surface area contributed by atoms with Gasteiger partial charge in [-0.2, -0.15) is 12.7 Å². The Hall–Kier alpha value is -2.69. The number of anilines is 1. The second-order valence-electron chi connectivity index (χ2n) is 9.86. The lowest BCUT2D eigenvalue weighted by Gasteiger charge is -2.36. The molecule has 2 saturated heterocycles. The SMILES string of the molecule is CCOc1ccc(-c2ccc(C(=O)NS(=O)(=O)N3CC[C@H](N)C3)c(N3CCC(C)C3(C)C)n2)cc1. The summed E-state index contributed by atoms with van der Waals surface area (Å²) >= 11 is 0. The second kappa shape index (κ2) is 9.75. The van der Waals surface area contributed by atoms with Crippen LogP contribution in [0, 0.1) is 5.92 Å². The van der Waals surface area contributed by atoms with Crippen molar-refractivity contribution in [2.24, 2.45) is 11.7 Å². The molecule has 3 N–H and O–H groups in total. The molecule has 0 aliphatic carbocycles. The number of aromatic nitrogens is 1. The van der Waals surface area contributed by atoms with Crippen molar-refractivity contribution in [1.29, 1.82) is 0 Å². The number of ether oxygens (including phenoxy) is 1. The fourth-order valence-corrected chi connectivity index (χ4v) is 5.91. The van der Waals surface area contributed by atoms with Gasteiger partial charge < -0.3 is 15.4 Å². The molecule has 0 bridgehead atoms. The van der Waals surface area contributed by atoms with E-state index in [0.29, 0.717) is 37.0 Å². The van der Waals surface area contributed by atoms with E-state index in [-0.39, 0.29) is 23.7 Å². The van der Waals surface area contributed by atoms with Gasteiger partial charge in [0, 0.05) is 36.8 Å². The molecular weight excluding hydrogens is 466 g/mol. The number of nitrogens with one attached hydrogen (secondary N) is 1. The van der Waals surface area contributed by atoms with Crippen LogP contribution in [0.15, 0.2) is 36.4 Å². The van der Waals surface area contributed by atoms with Gasteiger partial charge in [0.15, 0.2) is 0 Å². The maximum absolute atomic E-state index is 13.3. The van der Waals surface area contributed by atoms with Crippen molar-refractivity contribution in [3.8, 4) is 17.0 Å². The number of carbonyl (C=O) groups excluding carboxylic acids is 1. The van der Waals surface area contributed by atoms with Crippen LogP contribution in [0.5, 0.6) is 5.75 Å². The summed E-state index contributed by atoms with van der Waals surface area (Å²) in [5, 5.41) is 0. The van der Waals surface area contributed by atoms with Crippen molar-refractivity contribution in [2.45, 2.75) is 52.1 Å². The minimum Gasteiger partial charge on any atom is -0.494 e. The van der Waals surface area contributed by atoms with E-state index in [9.17, 15) is 13.2 Å². The number of carbonyl (C=O) groups is 1. The number of nitrogens with two attached hydrogens (primary N) is 1. The highest BCUT2D eigenvalue weighted by Gasteiger charge is 2.41. The van der Waals surface area contributed by atoms with Gasteiger partial charge in [-0.25, -0.2) is 9.71 Å². The second-order valence-corrected chi connectivity index (χ2v) is 11.5. The number of pyridine rings is 1. The summed E-state index contributed by atoms with van der Waals surface area (Å²) in [5.74, 6) is 0.941. The van der Waals surface area contributed by atoms with Gasteiger partial charge in [0.25, 0.3) is 5.91 Å². The van der Waals surface area contributed by atoms with E-state index in [1.54, 1.807) is 12.1 Å². The Bertz CT molecular complexity index is 1180. The average Bonchev–Trinajstić information content (AvgIpc) is 3.37. The first-order valence-corrected chi connectivity index (χ1v) is 13.6. The molecule has 190 valence electrons. The first-order chi connectivity index (χ1) is 16.5. The molecule has 2 aliphatic rings. The summed E-state index contributed by atoms with van der Waals surface area (Å²) in [6, 6.07) is 10.8.